The summed E-state index contributed by atoms with van der Waals surface area (Å²) in [7, 11) is 0. The molecule has 18 heavy (non-hydrogen) atoms. The van der Waals surface area contributed by atoms with Crippen LogP contribution in [0.3, 0.4) is 0 Å². The fraction of sp³-hybridized carbons (Fsp3) is 0.600. The highest BCUT2D eigenvalue weighted by Gasteiger charge is 2.34. The molecule has 0 spiro atoms. The molecule has 1 aromatic carbocycles. The Morgan fingerprint density at radius 1 is 1.33 bits per heavy atom. The molecule has 1 heterocycles. The first-order valence-corrected chi connectivity index (χ1v) is 7.64. The predicted molar refractivity (Wildman–Crippen MR) is 81.5 cm³/mol. The third-order valence-corrected chi connectivity index (χ3v) is 5.23. The molecule has 0 aliphatic carbocycles. The van der Waals surface area contributed by atoms with Crippen LogP contribution >= 0.6 is 15.9 Å². The van der Waals surface area contributed by atoms with Gasteiger partial charge in [-0.05, 0) is 48.9 Å². The van der Waals surface area contributed by atoms with E-state index in [9.17, 15) is 0 Å². The number of likely N-dealkylation sites (tertiary alicyclic amines) is 1. The molecule has 2 nitrogen and oxygen atoms in total. The van der Waals surface area contributed by atoms with E-state index in [-0.39, 0.29) is 0 Å². The maximum atomic E-state index is 5.78. The maximum Gasteiger partial charge on any atom is 0.0325 e. The van der Waals surface area contributed by atoms with Gasteiger partial charge in [0.1, 0.15) is 0 Å². The van der Waals surface area contributed by atoms with Gasteiger partial charge in [-0.2, -0.15) is 0 Å². The number of hydrogen-bond acceptors (Lipinski definition) is 2. The van der Waals surface area contributed by atoms with E-state index in [1.165, 1.54) is 37.9 Å². The highest BCUT2D eigenvalue weighted by atomic mass is 79.9. The monoisotopic (exact) mass is 310 g/mol. The lowest BCUT2D eigenvalue weighted by atomic mass is 9.82. The first-order valence-electron chi connectivity index (χ1n) is 6.85. The molecule has 0 unspecified atom stereocenters. The van der Waals surface area contributed by atoms with Crippen LogP contribution < -0.4 is 5.73 Å². The predicted octanol–water partition coefficient (Wildman–Crippen LogP) is 4.04. The van der Waals surface area contributed by atoms with E-state index in [4.69, 9.17) is 5.73 Å². The Morgan fingerprint density at radius 2 is 2.06 bits per heavy atom. The summed E-state index contributed by atoms with van der Waals surface area (Å²) < 4.78 is 1.13. The van der Waals surface area contributed by atoms with Gasteiger partial charge in [0.05, 0.1) is 0 Å². The molecule has 3 heteroatoms. The summed E-state index contributed by atoms with van der Waals surface area (Å²) in [6, 6.07) is 6.12. The summed E-state index contributed by atoms with van der Waals surface area (Å²) in [5.41, 5.74) is 8.50. The Balaban J connectivity index is 2.03. The van der Waals surface area contributed by atoms with Crippen LogP contribution in [0.5, 0.6) is 0 Å². The Labute approximate surface area is 119 Å². The number of nitrogen functional groups attached to an aromatic ring is 1. The summed E-state index contributed by atoms with van der Waals surface area (Å²) in [5.74, 6) is 0. The molecule has 100 valence electrons. The highest BCUT2D eigenvalue weighted by Crippen LogP contribution is 2.37. The smallest absolute Gasteiger partial charge is 0.0325 e. The van der Waals surface area contributed by atoms with Crippen molar-refractivity contribution in [3.05, 3.63) is 28.2 Å². The van der Waals surface area contributed by atoms with Gasteiger partial charge in [-0.25, -0.2) is 0 Å². The van der Waals surface area contributed by atoms with E-state index in [0.717, 1.165) is 16.7 Å². The van der Waals surface area contributed by atoms with Gasteiger partial charge >= 0.3 is 0 Å². The molecular formula is C15H23BrN2. The largest absolute Gasteiger partial charge is 0.399 e. The van der Waals surface area contributed by atoms with Crippen LogP contribution in [0.1, 0.15) is 38.7 Å². The van der Waals surface area contributed by atoms with E-state index < -0.39 is 0 Å². The molecule has 1 aromatic rings. The summed E-state index contributed by atoms with van der Waals surface area (Å²) in [6.45, 7) is 8.14. The number of anilines is 1. The van der Waals surface area contributed by atoms with E-state index in [1.54, 1.807) is 0 Å². The second kappa shape index (κ2) is 5.62. The van der Waals surface area contributed by atoms with Crippen molar-refractivity contribution in [2.75, 3.05) is 18.8 Å². The van der Waals surface area contributed by atoms with Crippen molar-refractivity contribution in [3.8, 4) is 0 Å². The minimum Gasteiger partial charge on any atom is -0.399 e. The van der Waals surface area contributed by atoms with Crippen molar-refractivity contribution < 1.29 is 0 Å². The van der Waals surface area contributed by atoms with E-state index in [0.29, 0.717) is 5.41 Å². The van der Waals surface area contributed by atoms with E-state index in [2.05, 4.69) is 40.7 Å². The average Bonchev–Trinajstić information content (AvgIpc) is 2.77. The molecule has 0 aromatic heterocycles. The third kappa shape index (κ3) is 2.89. The average molecular weight is 311 g/mol. The lowest BCUT2D eigenvalue weighted by molar-refractivity contribution is 0.236. The van der Waals surface area contributed by atoms with E-state index >= 15 is 0 Å². The minimum absolute atomic E-state index is 0.556. The lowest BCUT2D eigenvalue weighted by Crippen LogP contribution is -2.26. The van der Waals surface area contributed by atoms with Gasteiger partial charge < -0.3 is 5.73 Å². The van der Waals surface area contributed by atoms with Crippen molar-refractivity contribution in [3.63, 3.8) is 0 Å². The van der Waals surface area contributed by atoms with Crippen LogP contribution in [0.25, 0.3) is 0 Å². The molecule has 1 fully saturated rings. The lowest BCUT2D eigenvalue weighted by Gasteiger charge is -2.26. The fourth-order valence-electron chi connectivity index (χ4n) is 2.92. The quantitative estimate of drug-likeness (QED) is 0.850. The Kier molecular flexibility index (Phi) is 4.33. The normalized spacial score (nSPS) is 19.3. The first-order chi connectivity index (χ1) is 8.58. The molecule has 0 bridgehead atoms. The van der Waals surface area contributed by atoms with Crippen molar-refractivity contribution >= 4 is 21.6 Å². The number of halogens is 1. The summed E-state index contributed by atoms with van der Waals surface area (Å²) in [4.78, 5) is 2.57. The Bertz CT molecular complexity index is 413. The second-order valence-electron chi connectivity index (χ2n) is 5.52. The molecule has 1 aliphatic heterocycles. The molecule has 2 N–H and O–H groups in total. The van der Waals surface area contributed by atoms with Crippen LogP contribution in [0.15, 0.2) is 22.7 Å². The number of hydrogen-bond donors (Lipinski definition) is 1. The SMILES string of the molecule is CCC1(CC)CCN(Cc2ccc(N)cc2Br)C1. The number of rotatable bonds is 4. The maximum absolute atomic E-state index is 5.78. The molecule has 1 saturated heterocycles. The van der Waals surface area contributed by atoms with Crippen LogP contribution in [0, 0.1) is 5.41 Å². The number of nitrogens with two attached hydrogens (primary N) is 1. The third-order valence-electron chi connectivity index (χ3n) is 4.49. The van der Waals surface area contributed by atoms with Crippen LogP contribution in [0.2, 0.25) is 0 Å². The van der Waals surface area contributed by atoms with Gasteiger partial charge in [-0.3, -0.25) is 4.90 Å². The number of benzene rings is 1. The highest BCUT2D eigenvalue weighted by molar-refractivity contribution is 9.10. The van der Waals surface area contributed by atoms with Gasteiger partial charge in [0, 0.05) is 23.2 Å². The van der Waals surface area contributed by atoms with Gasteiger partial charge in [0.2, 0.25) is 0 Å². The van der Waals surface area contributed by atoms with Gasteiger partial charge in [-0.1, -0.05) is 35.8 Å². The molecule has 2 rings (SSSR count). The van der Waals surface area contributed by atoms with Crippen LogP contribution in [-0.2, 0) is 6.54 Å². The zero-order valence-electron chi connectivity index (χ0n) is 11.4. The molecule has 0 radical (unpaired) electrons. The van der Waals surface area contributed by atoms with Gasteiger partial charge in [-0.15, -0.1) is 0 Å². The summed E-state index contributed by atoms with van der Waals surface area (Å²) >= 11 is 3.61. The van der Waals surface area contributed by atoms with Gasteiger partial charge in [0.15, 0.2) is 0 Å². The summed E-state index contributed by atoms with van der Waals surface area (Å²) in [6.07, 6.45) is 3.93. The molecular weight excluding hydrogens is 288 g/mol. The van der Waals surface area contributed by atoms with Crippen molar-refractivity contribution in [2.45, 2.75) is 39.7 Å². The first kappa shape index (κ1) is 13.9. The molecule has 0 atom stereocenters. The van der Waals surface area contributed by atoms with Crippen LogP contribution in [-0.4, -0.2) is 18.0 Å². The topological polar surface area (TPSA) is 29.3 Å². The van der Waals surface area contributed by atoms with Crippen molar-refractivity contribution in [2.24, 2.45) is 5.41 Å². The fourth-order valence-corrected chi connectivity index (χ4v) is 3.44. The Morgan fingerprint density at radius 3 is 2.61 bits per heavy atom. The molecule has 0 saturated carbocycles. The van der Waals surface area contributed by atoms with Crippen molar-refractivity contribution in [1.82, 2.24) is 4.90 Å². The van der Waals surface area contributed by atoms with Crippen molar-refractivity contribution in [1.29, 1.82) is 0 Å². The Hall–Kier alpha value is -0.540. The zero-order chi connectivity index (χ0) is 13.2. The minimum atomic E-state index is 0.556. The van der Waals surface area contributed by atoms with E-state index in [1.807, 2.05) is 12.1 Å². The second-order valence-corrected chi connectivity index (χ2v) is 6.37. The van der Waals surface area contributed by atoms with Crippen LogP contribution in [0.4, 0.5) is 5.69 Å². The molecule has 0 amide bonds. The zero-order valence-corrected chi connectivity index (χ0v) is 13.0. The van der Waals surface area contributed by atoms with Gasteiger partial charge in [0.25, 0.3) is 0 Å². The standard InChI is InChI=1S/C15H23BrN2/c1-3-15(4-2)7-8-18(11-15)10-12-5-6-13(17)9-14(12)16/h5-6,9H,3-4,7-8,10-11,17H2,1-2H3. The molecule has 1 aliphatic rings. The number of nitrogens with zero attached hydrogens (tertiary/aromatic N) is 1. The summed E-state index contributed by atoms with van der Waals surface area (Å²) in [5, 5.41) is 0.